The van der Waals surface area contributed by atoms with Gasteiger partial charge in [0.15, 0.2) is 0 Å². The van der Waals surface area contributed by atoms with E-state index in [9.17, 15) is 18.0 Å². The summed E-state index contributed by atoms with van der Waals surface area (Å²) in [6.07, 6.45) is -4.61. The fourth-order valence-corrected chi connectivity index (χ4v) is 0.712. The number of rotatable bonds is 1. The summed E-state index contributed by atoms with van der Waals surface area (Å²) in [6, 6.07) is 2.71. The number of hydrogen-bond donors (Lipinski definition) is 1. The van der Waals surface area contributed by atoms with Gasteiger partial charge in [-0.2, -0.15) is 13.2 Å². The van der Waals surface area contributed by atoms with Gasteiger partial charge in [0, 0.05) is 0 Å². The molecule has 1 N–H and O–H groups in total. The lowest BCUT2D eigenvalue weighted by Gasteiger charge is -2.04. The predicted molar refractivity (Wildman–Crippen MR) is 47.5 cm³/mol. The van der Waals surface area contributed by atoms with E-state index < -0.39 is 23.5 Å². The molecule has 1 aromatic heterocycles. The molecule has 0 bridgehead atoms. The minimum atomic E-state index is -4.61. The SMILES string of the molecule is CC.O=C(O)c1cccc(C(F)(F)F)n1. The van der Waals surface area contributed by atoms with E-state index in [1.54, 1.807) is 0 Å². The number of halogens is 3. The van der Waals surface area contributed by atoms with E-state index in [1.165, 1.54) is 0 Å². The Morgan fingerprint density at radius 2 is 1.87 bits per heavy atom. The highest BCUT2D eigenvalue weighted by Crippen LogP contribution is 2.27. The van der Waals surface area contributed by atoms with Gasteiger partial charge in [-0.15, -0.1) is 0 Å². The number of carboxylic acid groups (broad SMARTS) is 1. The maximum atomic E-state index is 12.0. The normalized spacial score (nSPS) is 10.2. The number of alkyl halides is 3. The summed E-state index contributed by atoms with van der Waals surface area (Å²) in [5.41, 5.74) is -1.82. The van der Waals surface area contributed by atoms with Crippen molar-refractivity contribution in [2.45, 2.75) is 20.0 Å². The summed E-state index contributed by atoms with van der Waals surface area (Å²) in [5, 5.41) is 8.35. The predicted octanol–water partition coefficient (Wildman–Crippen LogP) is 2.82. The topological polar surface area (TPSA) is 50.2 Å². The first-order chi connectivity index (χ1) is 6.91. The van der Waals surface area contributed by atoms with Gasteiger partial charge in [0.2, 0.25) is 0 Å². The molecular weight excluding hydrogens is 211 g/mol. The molecule has 0 unspecified atom stereocenters. The summed E-state index contributed by atoms with van der Waals surface area (Å²) >= 11 is 0. The van der Waals surface area contributed by atoms with E-state index in [2.05, 4.69) is 4.98 Å². The second kappa shape index (κ2) is 5.33. The molecule has 0 fully saturated rings. The van der Waals surface area contributed by atoms with E-state index in [0.717, 1.165) is 12.1 Å². The van der Waals surface area contributed by atoms with Crippen molar-refractivity contribution in [3.63, 3.8) is 0 Å². The van der Waals surface area contributed by atoms with Crippen molar-refractivity contribution in [3.8, 4) is 0 Å². The highest BCUT2D eigenvalue weighted by molar-refractivity contribution is 5.85. The number of pyridine rings is 1. The average Bonchev–Trinajstić information content (AvgIpc) is 2.20. The largest absolute Gasteiger partial charge is 0.477 e. The third-order valence-corrected chi connectivity index (χ3v) is 1.26. The Morgan fingerprint density at radius 1 is 1.33 bits per heavy atom. The Morgan fingerprint density at radius 3 is 2.27 bits per heavy atom. The van der Waals surface area contributed by atoms with E-state index in [4.69, 9.17) is 5.11 Å². The molecular formula is C9H10F3NO2. The van der Waals surface area contributed by atoms with Crippen molar-refractivity contribution in [1.29, 1.82) is 0 Å². The van der Waals surface area contributed by atoms with Gasteiger partial charge in [-0.25, -0.2) is 9.78 Å². The van der Waals surface area contributed by atoms with Gasteiger partial charge in [0.05, 0.1) is 0 Å². The van der Waals surface area contributed by atoms with Gasteiger partial charge in [0.25, 0.3) is 0 Å². The molecule has 0 aromatic carbocycles. The molecule has 0 saturated carbocycles. The van der Waals surface area contributed by atoms with Gasteiger partial charge in [-0.1, -0.05) is 19.9 Å². The minimum absolute atomic E-state index is 0.616. The molecule has 0 aliphatic carbocycles. The molecule has 1 rings (SSSR count). The number of hydrogen-bond acceptors (Lipinski definition) is 2. The Bertz CT molecular complexity index is 336. The van der Waals surface area contributed by atoms with Crippen molar-refractivity contribution in [1.82, 2.24) is 4.98 Å². The lowest BCUT2D eigenvalue weighted by atomic mass is 10.3. The highest BCUT2D eigenvalue weighted by Gasteiger charge is 2.32. The molecule has 84 valence electrons. The molecule has 0 radical (unpaired) electrons. The Balaban J connectivity index is 0.000000921. The first kappa shape index (κ1) is 13.4. The van der Waals surface area contributed by atoms with E-state index in [0.29, 0.717) is 6.07 Å². The van der Waals surface area contributed by atoms with E-state index in [-0.39, 0.29) is 0 Å². The fraction of sp³-hybridized carbons (Fsp3) is 0.333. The highest BCUT2D eigenvalue weighted by atomic mass is 19.4. The van der Waals surface area contributed by atoms with Crippen LogP contribution >= 0.6 is 0 Å². The molecule has 0 amide bonds. The Kier molecular flexibility index (Phi) is 4.77. The van der Waals surface area contributed by atoms with Gasteiger partial charge in [-0.3, -0.25) is 0 Å². The smallest absolute Gasteiger partial charge is 0.433 e. The Hall–Kier alpha value is -1.59. The number of aromatic nitrogens is 1. The number of nitrogens with zero attached hydrogens (tertiary/aromatic N) is 1. The second-order valence-electron chi connectivity index (χ2n) is 2.21. The lowest BCUT2D eigenvalue weighted by Crippen LogP contribution is -2.11. The molecule has 1 heterocycles. The second-order valence-corrected chi connectivity index (χ2v) is 2.21. The maximum absolute atomic E-state index is 12.0. The third-order valence-electron chi connectivity index (χ3n) is 1.26. The van der Waals surface area contributed by atoms with Crippen molar-refractivity contribution < 1.29 is 23.1 Å². The molecule has 0 spiro atoms. The quantitative estimate of drug-likeness (QED) is 0.793. The number of aromatic carboxylic acids is 1. The van der Waals surface area contributed by atoms with Crippen molar-refractivity contribution >= 4 is 5.97 Å². The summed E-state index contributed by atoms with van der Waals surface area (Å²) in [7, 11) is 0. The molecule has 6 heteroatoms. The monoisotopic (exact) mass is 221 g/mol. The summed E-state index contributed by atoms with van der Waals surface area (Å²) in [4.78, 5) is 13.2. The molecule has 0 atom stereocenters. The van der Waals surface area contributed by atoms with E-state index >= 15 is 0 Å². The van der Waals surface area contributed by atoms with Crippen LogP contribution in [0.2, 0.25) is 0 Å². The van der Waals surface area contributed by atoms with Crippen molar-refractivity contribution in [3.05, 3.63) is 29.6 Å². The summed E-state index contributed by atoms with van der Waals surface area (Å²) in [5.74, 6) is -1.48. The fourth-order valence-electron chi connectivity index (χ4n) is 0.712. The van der Waals surface area contributed by atoms with Crippen LogP contribution in [-0.2, 0) is 6.18 Å². The summed E-state index contributed by atoms with van der Waals surface area (Å²) < 4.78 is 35.9. The van der Waals surface area contributed by atoms with Gasteiger partial charge >= 0.3 is 12.1 Å². The van der Waals surface area contributed by atoms with E-state index in [1.807, 2.05) is 13.8 Å². The average molecular weight is 221 g/mol. The van der Waals surface area contributed by atoms with Crippen LogP contribution in [0.4, 0.5) is 13.2 Å². The number of carbonyl (C=O) groups is 1. The molecule has 0 aliphatic heterocycles. The Labute approximate surface area is 84.6 Å². The molecule has 3 nitrogen and oxygen atoms in total. The van der Waals surface area contributed by atoms with Crippen LogP contribution in [-0.4, -0.2) is 16.1 Å². The summed E-state index contributed by atoms with van der Waals surface area (Å²) in [6.45, 7) is 4.00. The van der Waals surface area contributed by atoms with Crippen LogP contribution in [0, 0.1) is 0 Å². The lowest BCUT2D eigenvalue weighted by molar-refractivity contribution is -0.141. The van der Waals surface area contributed by atoms with Gasteiger partial charge < -0.3 is 5.11 Å². The standard InChI is InChI=1S/C7H4F3NO2.C2H6/c8-7(9,10)5-3-1-2-4(11-5)6(12)13;1-2/h1-3H,(H,12,13);1-2H3. The van der Waals surface area contributed by atoms with Crippen LogP contribution in [0.5, 0.6) is 0 Å². The number of carboxylic acids is 1. The first-order valence-corrected chi connectivity index (χ1v) is 4.19. The zero-order chi connectivity index (χ0) is 12.1. The zero-order valence-electron chi connectivity index (χ0n) is 8.17. The first-order valence-electron chi connectivity index (χ1n) is 4.19. The third kappa shape index (κ3) is 3.97. The van der Waals surface area contributed by atoms with Crippen molar-refractivity contribution in [2.24, 2.45) is 0 Å². The van der Waals surface area contributed by atoms with Gasteiger partial charge in [-0.05, 0) is 12.1 Å². The van der Waals surface area contributed by atoms with Crippen LogP contribution in [0.25, 0.3) is 0 Å². The maximum Gasteiger partial charge on any atom is 0.433 e. The molecule has 15 heavy (non-hydrogen) atoms. The molecule has 1 aromatic rings. The van der Waals surface area contributed by atoms with Crippen LogP contribution in [0.15, 0.2) is 18.2 Å². The van der Waals surface area contributed by atoms with Crippen LogP contribution in [0.1, 0.15) is 30.0 Å². The molecule has 0 saturated heterocycles. The molecule has 0 aliphatic rings. The van der Waals surface area contributed by atoms with Crippen LogP contribution in [0.3, 0.4) is 0 Å². The van der Waals surface area contributed by atoms with Crippen molar-refractivity contribution in [2.75, 3.05) is 0 Å². The minimum Gasteiger partial charge on any atom is -0.477 e. The zero-order valence-corrected chi connectivity index (χ0v) is 8.17. The van der Waals surface area contributed by atoms with Crippen LogP contribution < -0.4 is 0 Å². The van der Waals surface area contributed by atoms with Gasteiger partial charge in [0.1, 0.15) is 11.4 Å².